The fraction of sp³-hybridized carbons (Fsp3) is 0.357. The van der Waals surface area contributed by atoms with Crippen LogP contribution in [0.3, 0.4) is 0 Å². The van der Waals surface area contributed by atoms with E-state index in [9.17, 15) is 0 Å². The van der Waals surface area contributed by atoms with Gasteiger partial charge >= 0.3 is 0 Å². The molecule has 1 aromatic rings. The second-order valence-corrected chi connectivity index (χ2v) is 4.43. The van der Waals surface area contributed by atoms with Gasteiger partial charge in [-0.05, 0) is 18.2 Å². The van der Waals surface area contributed by atoms with Crippen LogP contribution < -0.4 is 4.74 Å². The lowest BCUT2D eigenvalue weighted by atomic mass is 10.2. The first kappa shape index (κ1) is 13.1. The molecule has 4 heteroatoms. The fourth-order valence-electron chi connectivity index (χ4n) is 1.85. The fourth-order valence-corrected chi connectivity index (χ4v) is 2.10. The summed E-state index contributed by atoms with van der Waals surface area (Å²) in [6.07, 6.45) is 3.95. The van der Waals surface area contributed by atoms with Crippen LogP contribution in [0.2, 0.25) is 0 Å². The van der Waals surface area contributed by atoms with Crippen LogP contribution in [0.15, 0.2) is 30.3 Å². The number of hydrogen-bond acceptors (Lipinski definition) is 3. The Morgan fingerprint density at radius 2 is 2.06 bits per heavy atom. The Hall–Kier alpha value is -1.39. The molecule has 18 heavy (non-hydrogen) atoms. The summed E-state index contributed by atoms with van der Waals surface area (Å²) in [5.74, 6) is 0.860. The SMILES string of the molecule is COc1ccccc1C=CC(=S)N1CCOCC1. The molecule has 1 saturated heterocycles. The van der Waals surface area contributed by atoms with Crippen molar-refractivity contribution in [3.63, 3.8) is 0 Å². The molecule has 0 atom stereocenters. The van der Waals surface area contributed by atoms with Crippen molar-refractivity contribution < 1.29 is 9.47 Å². The first-order valence-electron chi connectivity index (χ1n) is 5.99. The molecule has 0 aliphatic carbocycles. The number of hydrogen-bond donors (Lipinski definition) is 0. The number of thiocarbonyl (C=S) groups is 1. The Bertz CT molecular complexity index is 439. The van der Waals surface area contributed by atoms with Gasteiger partial charge in [0.2, 0.25) is 0 Å². The van der Waals surface area contributed by atoms with Crippen LogP contribution in [-0.4, -0.2) is 43.3 Å². The first-order chi connectivity index (χ1) is 8.81. The summed E-state index contributed by atoms with van der Waals surface area (Å²) < 4.78 is 10.6. The highest BCUT2D eigenvalue weighted by Crippen LogP contribution is 2.18. The van der Waals surface area contributed by atoms with Gasteiger partial charge in [0.25, 0.3) is 0 Å². The van der Waals surface area contributed by atoms with Crippen molar-refractivity contribution in [2.75, 3.05) is 33.4 Å². The quantitative estimate of drug-likeness (QED) is 0.616. The Labute approximate surface area is 113 Å². The summed E-state index contributed by atoms with van der Waals surface area (Å²) in [5.41, 5.74) is 1.04. The van der Waals surface area contributed by atoms with Gasteiger partial charge in [0.1, 0.15) is 10.7 Å². The number of methoxy groups -OCH3 is 1. The number of rotatable bonds is 3. The number of ether oxygens (including phenoxy) is 2. The molecule has 2 rings (SSSR count). The second-order valence-electron chi connectivity index (χ2n) is 4.01. The molecular formula is C14H17NO2S. The highest BCUT2D eigenvalue weighted by Gasteiger charge is 2.11. The Morgan fingerprint density at radius 3 is 2.78 bits per heavy atom. The molecule has 1 aromatic carbocycles. The summed E-state index contributed by atoms with van der Waals surface area (Å²) in [6.45, 7) is 3.25. The molecule has 0 aromatic heterocycles. The number of nitrogens with zero attached hydrogens (tertiary/aromatic N) is 1. The zero-order chi connectivity index (χ0) is 12.8. The van der Waals surface area contributed by atoms with E-state index in [0.717, 1.165) is 42.6 Å². The van der Waals surface area contributed by atoms with Crippen molar-refractivity contribution in [1.82, 2.24) is 4.90 Å². The van der Waals surface area contributed by atoms with Gasteiger partial charge in [-0.2, -0.15) is 0 Å². The average molecular weight is 263 g/mol. The molecule has 0 saturated carbocycles. The molecule has 0 amide bonds. The third-order valence-electron chi connectivity index (χ3n) is 2.87. The van der Waals surface area contributed by atoms with Crippen molar-refractivity contribution in [3.8, 4) is 5.75 Å². The molecule has 1 aliphatic heterocycles. The van der Waals surface area contributed by atoms with Crippen LogP contribution in [0.4, 0.5) is 0 Å². The van der Waals surface area contributed by atoms with Gasteiger partial charge in [0.05, 0.1) is 20.3 Å². The van der Waals surface area contributed by atoms with Gasteiger partial charge in [-0.15, -0.1) is 0 Å². The molecule has 0 N–H and O–H groups in total. The smallest absolute Gasteiger partial charge is 0.126 e. The standard InChI is InChI=1S/C14H17NO2S/c1-16-13-5-3-2-4-12(13)6-7-14(18)15-8-10-17-11-9-15/h2-7H,8-11H2,1H3. The molecule has 1 heterocycles. The van der Waals surface area contributed by atoms with E-state index in [1.807, 2.05) is 36.4 Å². The van der Waals surface area contributed by atoms with E-state index >= 15 is 0 Å². The molecule has 0 unspecified atom stereocenters. The molecule has 3 nitrogen and oxygen atoms in total. The number of para-hydroxylation sites is 1. The molecule has 0 spiro atoms. The minimum absolute atomic E-state index is 0.753. The summed E-state index contributed by atoms with van der Waals surface area (Å²) >= 11 is 5.40. The van der Waals surface area contributed by atoms with Crippen LogP contribution in [0, 0.1) is 0 Å². The van der Waals surface area contributed by atoms with Gasteiger partial charge in [-0.3, -0.25) is 0 Å². The Balaban J connectivity index is 2.03. The largest absolute Gasteiger partial charge is 0.496 e. The van der Waals surface area contributed by atoms with Crippen molar-refractivity contribution in [2.45, 2.75) is 0 Å². The number of benzene rings is 1. The molecule has 96 valence electrons. The highest BCUT2D eigenvalue weighted by atomic mass is 32.1. The van der Waals surface area contributed by atoms with E-state index < -0.39 is 0 Å². The van der Waals surface area contributed by atoms with E-state index in [0.29, 0.717) is 0 Å². The highest BCUT2D eigenvalue weighted by molar-refractivity contribution is 7.80. The lowest BCUT2D eigenvalue weighted by Gasteiger charge is -2.27. The van der Waals surface area contributed by atoms with Gasteiger partial charge < -0.3 is 14.4 Å². The van der Waals surface area contributed by atoms with Crippen molar-refractivity contribution >= 4 is 23.3 Å². The molecule has 0 bridgehead atoms. The van der Waals surface area contributed by atoms with Crippen molar-refractivity contribution in [2.24, 2.45) is 0 Å². The normalized spacial score (nSPS) is 15.9. The molecule has 0 radical (unpaired) electrons. The molecular weight excluding hydrogens is 246 g/mol. The van der Waals surface area contributed by atoms with Crippen LogP contribution in [0.1, 0.15) is 5.56 Å². The summed E-state index contributed by atoms with van der Waals surface area (Å²) in [5, 5.41) is 0. The zero-order valence-corrected chi connectivity index (χ0v) is 11.3. The van der Waals surface area contributed by atoms with Gasteiger partial charge in [0, 0.05) is 18.7 Å². The van der Waals surface area contributed by atoms with Crippen LogP contribution in [0.25, 0.3) is 6.08 Å². The topological polar surface area (TPSA) is 21.7 Å². The van der Waals surface area contributed by atoms with Crippen LogP contribution in [0.5, 0.6) is 5.75 Å². The lowest BCUT2D eigenvalue weighted by molar-refractivity contribution is 0.0694. The Morgan fingerprint density at radius 1 is 1.33 bits per heavy atom. The van der Waals surface area contributed by atoms with Gasteiger partial charge in [0.15, 0.2) is 0 Å². The first-order valence-corrected chi connectivity index (χ1v) is 6.40. The maximum Gasteiger partial charge on any atom is 0.126 e. The van der Waals surface area contributed by atoms with E-state index in [1.165, 1.54) is 0 Å². The van der Waals surface area contributed by atoms with Gasteiger partial charge in [-0.1, -0.05) is 30.4 Å². The predicted octanol–water partition coefficient (Wildman–Crippen LogP) is 2.37. The summed E-state index contributed by atoms with van der Waals surface area (Å²) in [7, 11) is 1.67. The van der Waals surface area contributed by atoms with E-state index in [4.69, 9.17) is 21.7 Å². The van der Waals surface area contributed by atoms with Crippen molar-refractivity contribution in [3.05, 3.63) is 35.9 Å². The third kappa shape index (κ3) is 3.31. The van der Waals surface area contributed by atoms with Crippen LogP contribution in [-0.2, 0) is 4.74 Å². The predicted molar refractivity (Wildman–Crippen MR) is 77.0 cm³/mol. The van der Waals surface area contributed by atoms with Crippen LogP contribution >= 0.6 is 12.2 Å². The van der Waals surface area contributed by atoms with E-state index in [2.05, 4.69) is 4.90 Å². The number of morpholine rings is 1. The van der Waals surface area contributed by atoms with E-state index in [-0.39, 0.29) is 0 Å². The average Bonchev–Trinajstić information content (AvgIpc) is 2.46. The zero-order valence-electron chi connectivity index (χ0n) is 10.5. The van der Waals surface area contributed by atoms with E-state index in [1.54, 1.807) is 7.11 Å². The minimum atomic E-state index is 0.753. The summed E-state index contributed by atoms with van der Waals surface area (Å²) in [4.78, 5) is 3.01. The maximum absolute atomic E-state index is 5.40. The summed E-state index contributed by atoms with van der Waals surface area (Å²) in [6, 6.07) is 7.89. The maximum atomic E-state index is 5.40. The lowest BCUT2D eigenvalue weighted by Crippen LogP contribution is -2.38. The second kappa shape index (κ2) is 6.52. The minimum Gasteiger partial charge on any atom is -0.496 e. The third-order valence-corrected chi connectivity index (χ3v) is 3.26. The molecule has 1 fully saturated rings. The monoisotopic (exact) mass is 263 g/mol. The molecule has 1 aliphatic rings. The van der Waals surface area contributed by atoms with Crippen molar-refractivity contribution in [1.29, 1.82) is 0 Å². The van der Waals surface area contributed by atoms with Gasteiger partial charge in [-0.25, -0.2) is 0 Å². The Kier molecular flexibility index (Phi) is 4.73.